The third kappa shape index (κ3) is 3.91. The lowest BCUT2D eigenvalue weighted by atomic mass is 10.0. The van der Waals surface area contributed by atoms with Gasteiger partial charge in [0.15, 0.2) is 0 Å². The van der Waals surface area contributed by atoms with E-state index >= 15 is 0 Å². The molecule has 184 valence electrons. The van der Waals surface area contributed by atoms with Gasteiger partial charge in [0.2, 0.25) is 5.88 Å². The minimum atomic E-state index is -1.02. The molecule has 1 amide bonds. The maximum atomic E-state index is 11.7. The summed E-state index contributed by atoms with van der Waals surface area (Å²) in [6.45, 7) is 6.96. The van der Waals surface area contributed by atoms with Gasteiger partial charge >= 0.3 is 6.09 Å². The summed E-state index contributed by atoms with van der Waals surface area (Å²) in [5.41, 5.74) is 7.61. The van der Waals surface area contributed by atoms with Gasteiger partial charge in [0.1, 0.15) is 17.9 Å². The minimum Gasteiger partial charge on any atom is -0.474 e. The average molecular weight is 485 g/mol. The summed E-state index contributed by atoms with van der Waals surface area (Å²) in [6, 6.07) is 10.6. The van der Waals surface area contributed by atoms with Gasteiger partial charge in [-0.05, 0) is 49.4 Å². The van der Waals surface area contributed by atoms with Crippen molar-refractivity contribution in [3.8, 4) is 28.1 Å². The van der Waals surface area contributed by atoms with Crippen LogP contribution < -0.4 is 14.5 Å². The standard InChI is InChI=1S/C27H28N6O3/c1-17-11-18(3-4-23(17)32-7-5-31(2)6-8-32)19-12-21-22(16-29-25(21)28-14-19)20-13-24-26(30-15-20)36-10-9-33(24)27(34)35/h3-4,11-16H,5-10H2,1-2H3,(H,28,29)(H,34,35). The number of aryl methyl sites for hydroxylation is 1. The number of amides is 1. The molecule has 4 aromatic rings. The molecular formula is C27H28N6O3. The molecule has 5 heterocycles. The van der Waals surface area contributed by atoms with Gasteiger partial charge in [-0.15, -0.1) is 0 Å². The Kier molecular flexibility index (Phi) is 5.49. The van der Waals surface area contributed by atoms with E-state index in [2.05, 4.69) is 63.0 Å². The molecule has 0 atom stereocenters. The van der Waals surface area contributed by atoms with Crippen LogP contribution in [-0.2, 0) is 0 Å². The number of pyridine rings is 2. The summed E-state index contributed by atoms with van der Waals surface area (Å²) >= 11 is 0. The Hall–Kier alpha value is -4.11. The molecule has 2 aliphatic rings. The Balaban J connectivity index is 1.35. The number of rotatable bonds is 3. The highest BCUT2D eigenvalue weighted by atomic mass is 16.5. The number of ether oxygens (including phenoxy) is 1. The zero-order valence-corrected chi connectivity index (χ0v) is 20.4. The normalized spacial score (nSPS) is 16.2. The van der Waals surface area contributed by atoms with E-state index in [4.69, 9.17) is 4.74 Å². The zero-order valence-electron chi connectivity index (χ0n) is 20.4. The number of likely N-dealkylation sites (N-methyl/N-ethyl adjacent to an activating group) is 1. The predicted octanol–water partition coefficient (Wildman–Crippen LogP) is 4.23. The molecule has 36 heavy (non-hydrogen) atoms. The van der Waals surface area contributed by atoms with Crippen LogP contribution in [0.25, 0.3) is 33.3 Å². The number of hydrogen-bond donors (Lipinski definition) is 2. The number of piperazine rings is 1. The van der Waals surface area contributed by atoms with Crippen molar-refractivity contribution in [1.29, 1.82) is 0 Å². The van der Waals surface area contributed by atoms with E-state index in [1.807, 2.05) is 18.5 Å². The maximum absolute atomic E-state index is 11.7. The van der Waals surface area contributed by atoms with Crippen LogP contribution in [0.4, 0.5) is 16.2 Å². The highest BCUT2D eigenvalue weighted by Crippen LogP contribution is 2.37. The Bertz CT molecular complexity index is 1460. The Labute approximate surface area is 208 Å². The van der Waals surface area contributed by atoms with Crippen molar-refractivity contribution < 1.29 is 14.6 Å². The van der Waals surface area contributed by atoms with Crippen molar-refractivity contribution in [2.75, 3.05) is 56.2 Å². The number of H-pyrrole nitrogens is 1. The molecule has 1 aromatic carbocycles. The molecule has 1 fully saturated rings. The van der Waals surface area contributed by atoms with Crippen molar-refractivity contribution in [1.82, 2.24) is 19.9 Å². The number of fused-ring (bicyclic) bond motifs is 2. The van der Waals surface area contributed by atoms with Gasteiger partial charge in [0.05, 0.1) is 6.54 Å². The van der Waals surface area contributed by atoms with Gasteiger partial charge in [-0.1, -0.05) is 6.07 Å². The van der Waals surface area contributed by atoms with Gasteiger partial charge in [-0.25, -0.2) is 14.8 Å². The molecule has 0 radical (unpaired) electrons. The number of nitrogens with one attached hydrogen (secondary N) is 1. The molecular weight excluding hydrogens is 456 g/mol. The first-order valence-electron chi connectivity index (χ1n) is 12.1. The Morgan fingerprint density at radius 3 is 2.56 bits per heavy atom. The van der Waals surface area contributed by atoms with Crippen molar-refractivity contribution in [3.05, 3.63) is 54.5 Å². The van der Waals surface area contributed by atoms with Gasteiger partial charge in [0.25, 0.3) is 0 Å². The molecule has 0 spiro atoms. The lowest BCUT2D eigenvalue weighted by Gasteiger charge is -2.35. The third-order valence-electron chi connectivity index (χ3n) is 7.12. The molecule has 1 saturated heterocycles. The number of aromatic amines is 1. The summed E-state index contributed by atoms with van der Waals surface area (Å²) in [5.74, 6) is 0.335. The molecule has 0 unspecified atom stereocenters. The lowest BCUT2D eigenvalue weighted by Crippen LogP contribution is -2.44. The van der Waals surface area contributed by atoms with Gasteiger partial charge in [0, 0.05) is 72.5 Å². The van der Waals surface area contributed by atoms with Crippen LogP contribution in [0.1, 0.15) is 5.56 Å². The van der Waals surface area contributed by atoms with Crippen LogP contribution in [0, 0.1) is 6.92 Å². The topological polar surface area (TPSA) is 97.8 Å². The van der Waals surface area contributed by atoms with Crippen LogP contribution in [0.3, 0.4) is 0 Å². The van der Waals surface area contributed by atoms with E-state index in [0.717, 1.165) is 59.5 Å². The fourth-order valence-electron chi connectivity index (χ4n) is 5.08. The highest BCUT2D eigenvalue weighted by molar-refractivity contribution is 5.97. The SMILES string of the molecule is Cc1cc(-c2cnc3[nH]cc(-c4cnc5c(c4)N(C(=O)O)CCO5)c3c2)ccc1N1CCN(C)CC1. The van der Waals surface area contributed by atoms with Gasteiger partial charge < -0.3 is 24.6 Å². The summed E-state index contributed by atoms with van der Waals surface area (Å²) in [6.07, 6.45) is 4.48. The minimum absolute atomic E-state index is 0.274. The molecule has 2 N–H and O–H groups in total. The molecule has 0 bridgehead atoms. The second-order valence-corrected chi connectivity index (χ2v) is 9.45. The summed E-state index contributed by atoms with van der Waals surface area (Å²) in [4.78, 5) is 30.1. The van der Waals surface area contributed by atoms with Gasteiger partial charge in [-0.2, -0.15) is 0 Å². The van der Waals surface area contributed by atoms with E-state index < -0.39 is 6.09 Å². The van der Waals surface area contributed by atoms with Crippen LogP contribution in [0.15, 0.2) is 48.9 Å². The fourth-order valence-corrected chi connectivity index (χ4v) is 5.08. The van der Waals surface area contributed by atoms with E-state index in [-0.39, 0.29) is 6.54 Å². The summed E-state index contributed by atoms with van der Waals surface area (Å²) in [5, 5.41) is 10.6. The van der Waals surface area contributed by atoms with E-state index in [1.54, 1.807) is 6.20 Å². The second kappa shape index (κ2) is 8.83. The molecule has 6 rings (SSSR count). The smallest absolute Gasteiger partial charge is 0.412 e. The first kappa shape index (κ1) is 22.4. The molecule has 9 heteroatoms. The van der Waals surface area contributed by atoms with Gasteiger partial charge in [-0.3, -0.25) is 4.90 Å². The van der Waals surface area contributed by atoms with Crippen molar-refractivity contribution in [3.63, 3.8) is 0 Å². The maximum Gasteiger partial charge on any atom is 0.412 e. The lowest BCUT2D eigenvalue weighted by molar-refractivity contribution is 0.196. The number of anilines is 2. The fraction of sp³-hybridized carbons (Fsp3) is 0.296. The molecule has 0 saturated carbocycles. The number of carboxylic acid groups (broad SMARTS) is 1. The average Bonchev–Trinajstić information content (AvgIpc) is 3.32. The van der Waals surface area contributed by atoms with Crippen LogP contribution in [-0.4, -0.2) is 77.4 Å². The highest BCUT2D eigenvalue weighted by Gasteiger charge is 2.25. The predicted molar refractivity (Wildman–Crippen MR) is 140 cm³/mol. The van der Waals surface area contributed by atoms with Crippen molar-refractivity contribution in [2.24, 2.45) is 0 Å². The Morgan fingerprint density at radius 1 is 0.972 bits per heavy atom. The first-order chi connectivity index (χ1) is 17.5. The van der Waals surface area contributed by atoms with Crippen LogP contribution >= 0.6 is 0 Å². The van der Waals surface area contributed by atoms with Crippen LogP contribution in [0.5, 0.6) is 5.88 Å². The second-order valence-electron chi connectivity index (χ2n) is 9.45. The number of aromatic nitrogens is 3. The first-order valence-corrected chi connectivity index (χ1v) is 12.1. The van der Waals surface area contributed by atoms with E-state index in [9.17, 15) is 9.90 Å². The summed E-state index contributed by atoms with van der Waals surface area (Å²) in [7, 11) is 2.17. The quantitative estimate of drug-likeness (QED) is 0.449. The molecule has 0 aliphatic carbocycles. The molecule has 2 aliphatic heterocycles. The Morgan fingerprint density at radius 2 is 1.78 bits per heavy atom. The largest absolute Gasteiger partial charge is 0.474 e. The third-order valence-corrected chi connectivity index (χ3v) is 7.12. The molecule has 9 nitrogen and oxygen atoms in total. The van der Waals surface area contributed by atoms with Crippen LogP contribution in [0.2, 0.25) is 0 Å². The van der Waals surface area contributed by atoms with Crippen molar-refractivity contribution >= 4 is 28.5 Å². The number of nitrogens with zero attached hydrogens (tertiary/aromatic N) is 5. The molecule has 3 aromatic heterocycles. The summed E-state index contributed by atoms with van der Waals surface area (Å²) < 4.78 is 5.57. The number of hydrogen-bond acceptors (Lipinski definition) is 6. The van der Waals surface area contributed by atoms with E-state index in [0.29, 0.717) is 18.2 Å². The monoisotopic (exact) mass is 484 g/mol. The van der Waals surface area contributed by atoms with E-state index in [1.165, 1.54) is 16.2 Å². The number of benzene rings is 1. The number of carbonyl (C=O) groups is 1. The van der Waals surface area contributed by atoms with Crippen molar-refractivity contribution in [2.45, 2.75) is 6.92 Å². The zero-order chi connectivity index (χ0) is 24.8.